The molecule has 142 valence electrons. The van der Waals surface area contributed by atoms with Crippen molar-refractivity contribution in [2.24, 2.45) is 0 Å². The summed E-state index contributed by atoms with van der Waals surface area (Å²) in [5, 5.41) is 2.43. The summed E-state index contributed by atoms with van der Waals surface area (Å²) in [5.41, 5.74) is 0.949. The minimum Gasteiger partial charge on any atom is -0.370 e. The van der Waals surface area contributed by atoms with Crippen LogP contribution in [-0.4, -0.2) is 19.0 Å². The van der Waals surface area contributed by atoms with Gasteiger partial charge in [-0.2, -0.15) is 13.2 Å². The first-order valence-electron chi connectivity index (χ1n) is 8.54. The van der Waals surface area contributed by atoms with Crippen LogP contribution in [-0.2, 0) is 11.0 Å². The maximum atomic E-state index is 12.9. The lowest BCUT2D eigenvalue weighted by molar-refractivity contribution is -0.137. The average Bonchev–Trinajstić information content (AvgIpc) is 3.15. The Morgan fingerprint density at radius 1 is 1.11 bits per heavy atom. The van der Waals surface area contributed by atoms with E-state index in [2.05, 4.69) is 10.2 Å². The second-order valence-corrected chi connectivity index (χ2v) is 6.68. The van der Waals surface area contributed by atoms with Crippen LogP contribution in [0.25, 0.3) is 6.08 Å². The number of benzene rings is 2. The molecule has 1 fully saturated rings. The summed E-state index contributed by atoms with van der Waals surface area (Å²) in [5.74, 6) is -0.412. The van der Waals surface area contributed by atoms with E-state index in [4.69, 9.17) is 11.6 Å². The molecule has 2 aromatic rings. The lowest BCUT2D eigenvalue weighted by Crippen LogP contribution is -2.20. The first-order chi connectivity index (χ1) is 12.8. The lowest BCUT2D eigenvalue weighted by atomic mass is 10.1. The van der Waals surface area contributed by atoms with Gasteiger partial charge in [-0.1, -0.05) is 29.8 Å². The number of hydrogen-bond donors (Lipinski definition) is 1. The maximum absolute atomic E-state index is 12.9. The highest BCUT2D eigenvalue weighted by atomic mass is 35.5. The van der Waals surface area contributed by atoms with Crippen LogP contribution in [0.1, 0.15) is 24.0 Å². The summed E-state index contributed by atoms with van der Waals surface area (Å²) in [6.45, 7) is 1.88. The normalized spacial score (nSPS) is 14.7. The summed E-state index contributed by atoms with van der Waals surface area (Å²) in [7, 11) is 0. The summed E-state index contributed by atoms with van der Waals surface area (Å²) >= 11 is 5.60. The van der Waals surface area contributed by atoms with Crippen LogP contribution in [0.2, 0.25) is 5.02 Å². The Labute approximate surface area is 160 Å². The summed E-state index contributed by atoms with van der Waals surface area (Å²) < 4.78 is 38.7. The van der Waals surface area contributed by atoms with Gasteiger partial charge in [-0.15, -0.1) is 0 Å². The van der Waals surface area contributed by atoms with E-state index in [9.17, 15) is 18.0 Å². The van der Waals surface area contributed by atoms with Crippen LogP contribution in [0.4, 0.5) is 24.5 Å². The second-order valence-electron chi connectivity index (χ2n) is 6.27. The average molecular weight is 395 g/mol. The first-order valence-corrected chi connectivity index (χ1v) is 8.92. The Hall–Kier alpha value is -2.47. The third-order valence-electron chi connectivity index (χ3n) is 4.33. The van der Waals surface area contributed by atoms with Crippen LogP contribution in [0.3, 0.4) is 0 Å². The third-order valence-corrected chi connectivity index (χ3v) is 4.66. The molecule has 0 atom stereocenters. The monoisotopic (exact) mass is 394 g/mol. The van der Waals surface area contributed by atoms with E-state index in [1.165, 1.54) is 24.3 Å². The van der Waals surface area contributed by atoms with Gasteiger partial charge in [-0.05, 0) is 48.7 Å². The Bertz CT molecular complexity index is 859. The molecule has 0 aromatic heterocycles. The number of nitrogens with zero attached hydrogens (tertiary/aromatic N) is 1. The second kappa shape index (κ2) is 8.05. The predicted molar refractivity (Wildman–Crippen MR) is 102 cm³/mol. The van der Waals surface area contributed by atoms with Crippen molar-refractivity contribution in [2.75, 3.05) is 23.3 Å². The zero-order valence-electron chi connectivity index (χ0n) is 14.4. The number of para-hydroxylation sites is 2. The highest BCUT2D eigenvalue weighted by Gasteiger charge is 2.33. The van der Waals surface area contributed by atoms with Crippen molar-refractivity contribution in [2.45, 2.75) is 19.0 Å². The van der Waals surface area contributed by atoms with Gasteiger partial charge in [0, 0.05) is 19.2 Å². The summed E-state index contributed by atoms with van der Waals surface area (Å²) in [6.07, 6.45) is 0.224. The van der Waals surface area contributed by atoms with Gasteiger partial charge < -0.3 is 10.2 Å². The van der Waals surface area contributed by atoms with Crippen LogP contribution in [0.15, 0.2) is 48.5 Å². The third kappa shape index (κ3) is 4.83. The molecule has 1 saturated heterocycles. The molecule has 27 heavy (non-hydrogen) atoms. The zero-order chi connectivity index (χ0) is 19.4. The highest BCUT2D eigenvalue weighted by molar-refractivity contribution is 6.31. The summed E-state index contributed by atoms with van der Waals surface area (Å²) in [6, 6.07) is 11.0. The van der Waals surface area contributed by atoms with Gasteiger partial charge in [0.2, 0.25) is 5.91 Å². The van der Waals surface area contributed by atoms with Crippen LogP contribution < -0.4 is 10.2 Å². The number of halogens is 4. The van der Waals surface area contributed by atoms with E-state index >= 15 is 0 Å². The van der Waals surface area contributed by atoms with Crippen molar-refractivity contribution in [1.29, 1.82) is 0 Å². The Balaban J connectivity index is 1.73. The number of carbonyl (C=O) groups is 1. The van der Waals surface area contributed by atoms with E-state index in [0.717, 1.165) is 37.7 Å². The minimum atomic E-state index is -4.54. The number of nitrogens with one attached hydrogen (secondary N) is 1. The molecule has 0 saturated carbocycles. The predicted octanol–water partition coefficient (Wildman–Crippen LogP) is 5.61. The van der Waals surface area contributed by atoms with Crippen LogP contribution in [0, 0.1) is 0 Å². The Morgan fingerprint density at radius 3 is 2.52 bits per heavy atom. The number of anilines is 2. The van der Waals surface area contributed by atoms with E-state index in [-0.39, 0.29) is 10.6 Å². The molecule has 2 aromatic carbocycles. The van der Waals surface area contributed by atoms with Crippen molar-refractivity contribution in [3.05, 3.63) is 64.7 Å². The fourth-order valence-corrected chi connectivity index (χ4v) is 3.25. The number of alkyl halides is 3. The first kappa shape index (κ1) is 19.3. The number of hydrogen-bond acceptors (Lipinski definition) is 2. The van der Waals surface area contributed by atoms with E-state index < -0.39 is 17.6 Å². The molecule has 1 aliphatic rings. The largest absolute Gasteiger partial charge is 0.417 e. The van der Waals surface area contributed by atoms with Gasteiger partial charge in [0.1, 0.15) is 0 Å². The molecule has 0 spiro atoms. The standard InChI is InChI=1S/C20H18ClF3N2O/c21-16-9-7-14(13-15(16)20(22,23)24)8-10-19(27)25-17-5-1-2-6-18(17)26-11-3-4-12-26/h1-2,5-10,13H,3-4,11-12H2,(H,25,27)/b10-8+. The van der Waals surface area contributed by atoms with Gasteiger partial charge in [0.15, 0.2) is 0 Å². The van der Waals surface area contributed by atoms with Gasteiger partial charge in [0.05, 0.1) is 22.0 Å². The number of carbonyl (C=O) groups excluding carboxylic acids is 1. The molecule has 0 aliphatic carbocycles. The molecule has 3 nitrogen and oxygen atoms in total. The molecule has 1 N–H and O–H groups in total. The fourth-order valence-electron chi connectivity index (χ4n) is 3.02. The Morgan fingerprint density at radius 2 is 1.81 bits per heavy atom. The summed E-state index contributed by atoms with van der Waals surface area (Å²) in [4.78, 5) is 14.4. The maximum Gasteiger partial charge on any atom is 0.417 e. The molecule has 1 aliphatic heterocycles. The highest BCUT2D eigenvalue weighted by Crippen LogP contribution is 2.35. The van der Waals surface area contributed by atoms with E-state index in [1.807, 2.05) is 24.3 Å². The van der Waals surface area contributed by atoms with Gasteiger partial charge in [-0.25, -0.2) is 0 Å². The van der Waals surface area contributed by atoms with Crippen molar-refractivity contribution in [3.8, 4) is 0 Å². The van der Waals surface area contributed by atoms with Gasteiger partial charge in [0.25, 0.3) is 0 Å². The molecule has 1 heterocycles. The van der Waals surface area contributed by atoms with Crippen molar-refractivity contribution in [1.82, 2.24) is 0 Å². The molecule has 3 rings (SSSR count). The molecule has 0 unspecified atom stereocenters. The SMILES string of the molecule is O=C(/C=C/c1ccc(Cl)c(C(F)(F)F)c1)Nc1ccccc1N1CCCC1. The molecule has 1 amide bonds. The van der Waals surface area contributed by atoms with Crippen LogP contribution >= 0.6 is 11.6 Å². The van der Waals surface area contributed by atoms with Gasteiger partial charge >= 0.3 is 6.18 Å². The van der Waals surface area contributed by atoms with E-state index in [0.29, 0.717) is 5.69 Å². The van der Waals surface area contributed by atoms with Crippen molar-refractivity contribution < 1.29 is 18.0 Å². The van der Waals surface area contributed by atoms with Crippen molar-refractivity contribution >= 4 is 35.0 Å². The molecule has 0 bridgehead atoms. The number of amides is 1. The smallest absolute Gasteiger partial charge is 0.370 e. The molecular weight excluding hydrogens is 377 g/mol. The topological polar surface area (TPSA) is 32.3 Å². The van der Waals surface area contributed by atoms with E-state index in [1.54, 1.807) is 0 Å². The quantitative estimate of drug-likeness (QED) is 0.683. The van der Waals surface area contributed by atoms with Crippen molar-refractivity contribution in [3.63, 3.8) is 0 Å². The fraction of sp³-hybridized carbons (Fsp3) is 0.250. The zero-order valence-corrected chi connectivity index (χ0v) is 15.1. The minimum absolute atomic E-state index is 0.245. The van der Waals surface area contributed by atoms with Gasteiger partial charge in [-0.3, -0.25) is 4.79 Å². The molecule has 7 heteroatoms. The number of rotatable bonds is 4. The lowest BCUT2D eigenvalue weighted by Gasteiger charge is -2.21. The Kier molecular flexibility index (Phi) is 5.75. The molecular formula is C20H18ClF3N2O. The van der Waals surface area contributed by atoms with Crippen LogP contribution in [0.5, 0.6) is 0 Å². The molecule has 0 radical (unpaired) electrons.